The van der Waals surface area contributed by atoms with Gasteiger partial charge in [0.25, 0.3) is 0 Å². The van der Waals surface area contributed by atoms with Crippen molar-refractivity contribution in [2.75, 3.05) is 34.3 Å². The average molecular weight is 256 g/mol. The van der Waals surface area contributed by atoms with E-state index in [1.165, 1.54) is 0 Å². The van der Waals surface area contributed by atoms with Crippen LogP contribution in [0.15, 0.2) is 0 Å². The third-order valence-electron chi connectivity index (χ3n) is 1.07. The van der Waals surface area contributed by atoms with Gasteiger partial charge in [-0.3, -0.25) is 9.59 Å². The molecule has 0 bridgehead atoms. The fourth-order valence-electron chi connectivity index (χ4n) is 0.429. The second-order valence-corrected chi connectivity index (χ2v) is 3.70. The van der Waals surface area contributed by atoms with Crippen LogP contribution in [0, 0.1) is 0 Å². The molecule has 3 N–H and O–H groups in total. The summed E-state index contributed by atoms with van der Waals surface area (Å²) in [5, 5.41) is 23.8. The zero-order chi connectivity index (χ0) is 11.8. The third kappa shape index (κ3) is 36.4. The number of nitrogens with zero attached hydrogens (tertiary/aromatic N) is 1. The molecule has 0 amide bonds. The first kappa shape index (κ1) is 25.6. The number of rotatable bonds is 4. The van der Waals surface area contributed by atoms with Crippen molar-refractivity contribution in [1.82, 2.24) is 0 Å². The van der Waals surface area contributed by atoms with E-state index < -0.39 is 18.4 Å². The molecular formula is C8H20NNa2O5+. The summed E-state index contributed by atoms with van der Waals surface area (Å²) in [4.78, 5) is 18.9. The summed E-state index contributed by atoms with van der Waals surface area (Å²) in [6.07, 6.45) is -0.806. The molecule has 0 aromatic carbocycles. The summed E-state index contributed by atoms with van der Waals surface area (Å²) >= 11 is 0. The molecule has 0 unspecified atom stereocenters. The number of aliphatic hydroxyl groups is 1. The minimum absolute atomic E-state index is 0. The van der Waals surface area contributed by atoms with Gasteiger partial charge in [0.05, 0.1) is 27.7 Å². The first-order valence-electron chi connectivity index (χ1n) is 4.04. The van der Waals surface area contributed by atoms with Crippen molar-refractivity contribution >= 4 is 71.1 Å². The number of carboxylic acids is 2. The summed E-state index contributed by atoms with van der Waals surface area (Å²) < 4.78 is 0.844. The van der Waals surface area contributed by atoms with E-state index in [9.17, 15) is 9.59 Å². The van der Waals surface area contributed by atoms with Gasteiger partial charge in [0.15, 0.2) is 0 Å². The molecule has 0 spiro atoms. The Morgan fingerprint density at radius 2 is 1.31 bits per heavy atom. The van der Waals surface area contributed by atoms with Crippen molar-refractivity contribution in [3.8, 4) is 0 Å². The molecule has 0 aliphatic heterocycles. The molecule has 0 heterocycles. The predicted octanol–water partition coefficient (Wildman–Crippen LogP) is -2.07. The van der Waals surface area contributed by atoms with E-state index in [-0.39, 0.29) is 65.7 Å². The molecule has 0 fully saturated rings. The van der Waals surface area contributed by atoms with E-state index in [1.807, 2.05) is 0 Å². The van der Waals surface area contributed by atoms with Crippen LogP contribution in [0.25, 0.3) is 0 Å². The van der Waals surface area contributed by atoms with Gasteiger partial charge >= 0.3 is 71.1 Å². The van der Waals surface area contributed by atoms with Crippen molar-refractivity contribution in [2.24, 2.45) is 0 Å². The van der Waals surface area contributed by atoms with Crippen LogP contribution in [-0.2, 0) is 9.59 Å². The van der Waals surface area contributed by atoms with E-state index in [4.69, 9.17) is 15.3 Å². The van der Waals surface area contributed by atoms with Gasteiger partial charge in [-0.1, -0.05) is 0 Å². The zero-order valence-corrected chi connectivity index (χ0v) is 8.73. The van der Waals surface area contributed by atoms with Gasteiger partial charge in [0.1, 0.15) is 13.0 Å². The topological polar surface area (TPSA) is 94.8 Å². The number of aliphatic carboxylic acids is 2. The molecule has 0 aromatic rings. The Balaban J connectivity index is -0.0000000800. The predicted molar refractivity (Wildman–Crippen MR) is 64.2 cm³/mol. The summed E-state index contributed by atoms with van der Waals surface area (Å²) in [6.45, 7) is 1.11. The average Bonchev–Trinajstić information content (AvgIpc) is 1.80. The van der Waals surface area contributed by atoms with Gasteiger partial charge in [0, 0.05) is 0 Å². The van der Waals surface area contributed by atoms with Crippen molar-refractivity contribution < 1.29 is 29.4 Å². The molecule has 0 radical (unpaired) electrons. The molecule has 8 heteroatoms. The van der Waals surface area contributed by atoms with Gasteiger partial charge in [0.2, 0.25) is 0 Å². The Morgan fingerprint density at radius 1 is 1.00 bits per heavy atom. The Kier molecular flexibility index (Phi) is 22.3. The number of carbonyl (C=O) groups is 2. The van der Waals surface area contributed by atoms with Crippen molar-refractivity contribution in [1.29, 1.82) is 0 Å². The molecule has 0 saturated heterocycles. The maximum atomic E-state index is 9.43. The van der Waals surface area contributed by atoms with Crippen LogP contribution in [0.4, 0.5) is 0 Å². The van der Waals surface area contributed by atoms with Crippen LogP contribution in [0.3, 0.4) is 0 Å². The fraction of sp³-hybridized carbons (Fsp3) is 0.750. The Bertz CT molecular complexity index is 181. The Labute approximate surface area is 140 Å². The van der Waals surface area contributed by atoms with Gasteiger partial charge in [-0.25, -0.2) is 0 Å². The summed E-state index contributed by atoms with van der Waals surface area (Å²) in [5.41, 5.74) is 0. The summed E-state index contributed by atoms with van der Waals surface area (Å²) in [7, 11) is 6.16. The van der Waals surface area contributed by atoms with Gasteiger partial charge in [-0.2, -0.15) is 0 Å². The number of aliphatic hydroxyl groups excluding tert-OH is 1. The molecule has 16 heavy (non-hydrogen) atoms. The van der Waals surface area contributed by atoms with Crippen LogP contribution in [0.2, 0.25) is 0 Å². The van der Waals surface area contributed by atoms with Crippen molar-refractivity contribution in [3.63, 3.8) is 0 Å². The Hall–Kier alpha value is 0.860. The van der Waals surface area contributed by atoms with Crippen LogP contribution >= 0.6 is 0 Å². The van der Waals surface area contributed by atoms with E-state index in [0.717, 1.165) is 11.0 Å². The van der Waals surface area contributed by atoms with E-state index in [0.29, 0.717) is 0 Å². The van der Waals surface area contributed by atoms with Crippen LogP contribution in [0.1, 0.15) is 6.42 Å². The standard InChI is InChI=1S/C5H14NO.C3H4O4.2Na.2H/c1-6(2,3)4-5-7;4-2(5)1-3(6)7;;;;/h7H,4-5H2,1-3H3;1H2,(H,4,5)(H,6,7);;;;/q+1;;;;;. The minimum atomic E-state index is -1.31. The summed E-state index contributed by atoms with van der Waals surface area (Å²) in [6, 6.07) is 0. The van der Waals surface area contributed by atoms with E-state index in [1.54, 1.807) is 0 Å². The van der Waals surface area contributed by atoms with Gasteiger partial charge in [-0.15, -0.1) is 0 Å². The molecule has 0 aliphatic rings. The van der Waals surface area contributed by atoms with Crippen molar-refractivity contribution in [2.45, 2.75) is 6.42 Å². The van der Waals surface area contributed by atoms with E-state index >= 15 is 0 Å². The number of carboxylic acid groups (broad SMARTS) is 2. The number of hydrogen-bond donors (Lipinski definition) is 3. The van der Waals surface area contributed by atoms with Crippen LogP contribution in [0.5, 0.6) is 0 Å². The quantitative estimate of drug-likeness (QED) is 0.305. The molecule has 0 saturated carbocycles. The number of hydrogen-bond acceptors (Lipinski definition) is 3. The first-order chi connectivity index (χ1) is 6.19. The maximum absolute atomic E-state index is 9.43. The van der Waals surface area contributed by atoms with Gasteiger partial charge < -0.3 is 19.8 Å². The van der Waals surface area contributed by atoms with Crippen LogP contribution in [-0.4, -0.2) is 125 Å². The number of quaternary nitrogens is 1. The number of likely N-dealkylation sites (N-methyl/N-ethyl adjacent to an activating group) is 1. The third-order valence-corrected chi connectivity index (χ3v) is 1.07. The SMILES string of the molecule is C[N+](C)(C)CCO.O=C(O)CC(=O)O.[NaH].[NaH]. The van der Waals surface area contributed by atoms with Crippen LogP contribution < -0.4 is 0 Å². The molecule has 0 aromatic heterocycles. The Morgan fingerprint density at radius 3 is 1.31 bits per heavy atom. The zero-order valence-electron chi connectivity index (χ0n) is 8.73. The van der Waals surface area contributed by atoms with Gasteiger partial charge in [-0.05, 0) is 0 Å². The molecule has 0 atom stereocenters. The van der Waals surface area contributed by atoms with Crippen molar-refractivity contribution in [3.05, 3.63) is 0 Å². The molecular weight excluding hydrogens is 236 g/mol. The second-order valence-electron chi connectivity index (χ2n) is 3.70. The summed E-state index contributed by atoms with van der Waals surface area (Å²) in [5.74, 6) is -2.62. The first-order valence-corrected chi connectivity index (χ1v) is 4.04. The fourth-order valence-corrected chi connectivity index (χ4v) is 0.429. The molecule has 0 aliphatic carbocycles. The van der Waals surface area contributed by atoms with E-state index in [2.05, 4.69) is 21.1 Å². The molecule has 0 rings (SSSR count). The normalized spacial score (nSPS) is 8.75. The second kappa shape index (κ2) is 13.9. The monoisotopic (exact) mass is 256 g/mol. The molecule has 88 valence electrons. The molecule has 6 nitrogen and oxygen atoms in total.